The topological polar surface area (TPSA) is 50.0 Å². The van der Waals surface area contributed by atoms with Crippen molar-refractivity contribution in [2.45, 2.75) is 32.7 Å². The third kappa shape index (κ3) is 4.31. The first-order valence-electron chi connectivity index (χ1n) is 11.2. The Hall–Kier alpha value is -3.21. The van der Waals surface area contributed by atoms with Crippen LogP contribution in [-0.2, 0) is 17.8 Å². The first-order chi connectivity index (χ1) is 15.2. The summed E-state index contributed by atoms with van der Waals surface area (Å²) in [6, 6.07) is 18.8. The summed E-state index contributed by atoms with van der Waals surface area (Å²) in [5.41, 5.74) is 4.58. The van der Waals surface area contributed by atoms with Crippen LogP contribution in [0.1, 0.15) is 30.9 Å². The van der Waals surface area contributed by atoms with Gasteiger partial charge in [-0.15, -0.1) is 0 Å². The molecule has 0 spiro atoms. The second kappa shape index (κ2) is 8.50. The van der Waals surface area contributed by atoms with Crippen LogP contribution in [-0.4, -0.2) is 46.6 Å². The van der Waals surface area contributed by atoms with Crippen LogP contribution in [0.25, 0.3) is 10.9 Å². The highest BCUT2D eigenvalue weighted by Crippen LogP contribution is 2.24. The van der Waals surface area contributed by atoms with Crippen LogP contribution in [0.3, 0.4) is 0 Å². The normalized spacial score (nSPS) is 17.1. The van der Waals surface area contributed by atoms with Gasteiger partial charge in [-0.3, -0.25) is 9.79 Å². The van der Waals surface area contributed by atoms with Gasteiger partial charge in [-0.1, -0.05) is 36.4 Å². The molecule has 1 amide bonds. The molecule has 5 rings (SSSR count). The summed E-state index contributed by atoms with van der Waals surface area (Å²) in [5.74, 6) is 1.71. The number of rotatable bonds is 5. The third-order valence-electron chi connectivity index (χ3n) is 6.48. The molecular formula is C26H28N4O. The van der Waals surface area contributed by atoms with Crippen molar-refractivity contribution in [2.24, 2.45) is 15.9 Å². The quantitative estimate of drug-likeness (QED) is 0.615. The van der Waals surface area contributed by atoms with Crippen molar-refractivity contribution in [2.75, 3.05) is 19.6 Å². The molecule has 0 bridgehead atoms. The second-order valence-corrected chi connectivity index (χ2v) is 8.65. The maximum atomic E-state index is 12.6. The Bertz CT molecular complexity index is 1150. The van der Waals surface area contributed by atoms with Crippen LogP contribution in [0.5, 0.6) is 0 Å². The Kier molecular flexibility index (Phi) is 5.41. The summed E-state index contributed by atoms with van der Waals surface area (Å²) in [4.78, 5) is 23.6. The standard InChI is InChI=1S/C26H28N4O/c1-19-27-17-24(28-19)22-7-8-25-23(16-22)11-14-30(25)18-21-9-12-29(13-10-21)26(31)15-20-5-3-2-4-6-20/h2-8,11,14,16,21H,9-10,12-13,15,17-18H2,1H3. The Labute approximate surface area is 183 Å². The highest BCUT2D eigenvalue weighted by Gasteiger charge is 2.23. The summed E-state index contributed by atoms with van der Waals surface area (Å²) < 4.78 is 2.36. The fraction of sp³-hybridized carbons (Fsp3) is 0.346. The molecule has 2 aromatic carbocycles. The number of hydrogen-bond acceptors (Lipinski definition) is 3. The van der Waals surface area contributed by atoms with Crippen molar-refractivity contribution in [3.05, 3.63) is 71.9 Å². The Morgan fingerprint density at radius 1 is 1.06 bits per heavy atom. The Morgan fingerprint density at radius 2 is 1.87 bits per heavy atom. The molecule has 3 heterocycles. The highest BCUT2D eigenvalue weighted by molar-refractivity contribution is 6.13. The van der Waals surface area contributed by atoms with E-state index in [2.05, 4.69) is 45.0 Å². The van der Waals surface area contributed by atoms with Gasteiger partial charge in [0.15, 0.2) is 0 Å². The third-order valence-corrected chi connectivity index (χ3v) is 6.48. The minimum Gasteiger partial charge on any atom is -0.347 e. The van der Waals surface area contributed by atoms with E-state index in [0.717, 1.165) is 55.2 Å². The molecule has 31 heavy (non-hydrogen) atoms. The molecule has 0 radical (unpaired) electrons. The van der Waals surface area contributed by atoms with Crippen LogP contribution >= 0.6 is 0 Å². The van der Waals surface area contributed by atoms with E-state index in [1.54, 1.807) is 0 Å². The van der Waals surface area contributed by atoms with E-state index in [9.17, 15) is 4.79 Å². The number of carbonyl (C=O) groups excluding carboxylic acids is 1. The first-order valence-corrected chi connectivity index (χ1v) is 11.2. The first kappa shape index (κ1) is 19.7. The molecule has 1 aromatic heterocycles. The van der Waals surface area contributed by atoms with Gasteiger partial charge in [0.2, 0.25) is 5.91 Å². The van der Waals surface area contributed by atoms with Crippen LogP contribution in [0.4, 0.5) is 0 Å². The van der Waals surface area contributed by atoms with Gasteiger partial charge in [-0.25, -0.2) is 4.99 Å². The predicted octanol–water partition coefficient (Wildman–Crippen LogP) is 4.34. The summed E-state index contributed by atoms with van der Waals surface area (Å²) in [6.07, 6.45) is 4.82. The number of carbonyl (C=O) groups is 1. The van der Waals surface area contributed by atoms with Gasteiger partial charge in [-0.2, -0.15) is 0 Å². The molecule has 0 unspecified atom stereocenters. The molecule has 3 aromatic rings. The SMILES string of the molecule is CC1=NCC(c2ccc3c(ccn3CC3CCN(C(=O)Cc4ccccc4)CC3)c2)=N1. The van der Waals surface area contributed by atoms with E-state index in [1.165, 1.54) is 10.9 Å². The zero-order chi connectivity index (χ0) is 21.2. The van der Waals surface area contributed by atoms with Gasteiger partial charge in [0.05, 0.1) is 18.7 Å². The van der Waals surface area contributed by atoms with E-state index in [-0.39, 0.29) is 5.91 Å². The zero-order valence-corrected chi connectivity index (χ0v) is 18.0. The van der Waals surface area contributed by atoms with Crippen molar-refractivity contribution in [3.63, 3.8) is 0 Å². The van der Waals surface area contributed by atoms with Crippen LogP contribution in [0, 0.1) is 5.92 Å². The van der Waals surface area contributed by atoms with E-state index in [1.807, 2.05) is 42.2 Å². The zero-order valence-electron chi connectivity index (χ0n) is 18.0. The van der Waals surface area contributed by atoms with Crippen molar-refractivity contribution in [3.8, 4) is 0 Å². The number of piperidine rings is 1. The lowest BCUT2D eigenvalue weighted by Gasteiger charge is -2.32. The van der Waals surface area contributed by atoms with E-state index in [0.29, 0.717) is 18.9 Å². The number of likely N-dealkylation sites (tertiary alicyclic amines) is 1. The minimum atomic E-state index is 0.248. The lowest BCUT2D eigenvalue weighted by molar-refractivity contribution is -0.131. The number of benzene rings is 2. The van der Waals surface area contributed by atoms with Crippen molar-refractivity contribution >= 4 is 28.4 Å². The van der Waals surface area contributed by atoms with Crippen LogP contribution in [0.15, 0.2) is 70.8 Å². The fourth-order valence-electron chi connectivity index (χ4n) is 4.68. The van der Waals surface area contributed by atoms with Gasteiger partial charge >= 0.3 is 0 Å². The van der Waals surface area contributed by atoms with Gasteiger partial charge in [0.1, 0.15) is 5.84 Å². The summed E-state index contributed by atoms with van der Waals surface area (Å²) in [6.45, 7) is 5.35. The largest absolute Gasteiger partial charge is 0.347 e. The smallest absolute Gasteiger partial charge is 0.226 e. The number of aliphatic imine (C=N–C) groups is 2. The molecule has 5 nitrogen and oxygen atoms in total. The monoisotopic (exact) mass is 412 g/mol. The van der Waals surface area contributed by atoms with Gasteiger partial charge in [0, 0.05) is 36.7 Å². The van der Waals surface area contributed by atoms with E-state index >= 15 is 0 Å². The summed E-state index contributed by atoms with van der Waals surface area (Å²) >= 11 is 0. The molecule has 0 aliphatic carbocycles. The van der Waals surface area contributed by atoms with Gasteiger partial charge in [0.25, 0.3) is 0 Å². The number of fused-ring (bicyclic) bond motifs is 1. The molecule has 158 valence electrons. The number of amides is 1. The molecule has 1 saturated heterocycles. The lowest BCUT2D eigenvalue weighted by Crippen LogP contribution is -2.40. The summed E-state index contributed by atoms with van der Waals surface area (Å²) in [7, 11) is 0. The van der Waals surface area contributed by atoms with Gasteiger partial charge < -0.3 is 9.47 Å². The molecule has 2 aliphatic heterocycles. The molecule has 0 saturated carbocycles. The Morgan fingerprint density at radius 3 is 2.61 bits per heavy atom. The van der Waals surface area contributed by atoms with Crippen molar-refractivity contribution in [1.29, 1.82) is 0 Å². The lowest BCUT2D eigenvalue weighted by atomic mass is 9.96. The maximum Gasteiger partial charge on any atom is 0.226 e. The van der Waals surface area contributed by atoms with Crippen LogP contribution in [0.2, 0.25) is 0 Å². The fourth-order valence-corrected chi connectivity index (χ4v) is 4.68. The van der Waals surface area contributed by atoms with Crippen LogP contribution < -0.4 is 0 Å². The predicted molar refractivity (Wildman–Crippen MR) is 126 cm³/mol. The molecule has 0 atom stereocenters. The molecule has 5 heteroatoms. The van der Waals surface area contributed by atoms with Gasteiger partial charge in [-0.05, 0) is 55.0 Å². The van der Waals surface area contributed by atoms with Crippen molar-refractivity contribution in [1.82, 2.24) is 9.47 Å². The second-order valence-electron chi connectivity index (χ2n) is 8.65. The number of hydrogen-bond donors (Lipinski definition) is 0. The Balaban J connectivity index is 1.19. The number of aromatic nitrogens is 1. The molecule has 2 aliphatic rings. The molecular weight excluding hydrogens is 384 g/mol. The van der Waals surface area contributed by atoms with Crippen molar-refractivity contribution < 1.29 is 4.79 Å². The number of nitrogens with zero attached hydrogens (tertiary/aromatic N) is 4. The minimum absolute atomic E-state index is 0.248. The highest BCUT2D eigenvalue weighted by atomic mass is 16.2. The van der Waals surface area contributed by atoms with E-state index in [4.69, 9.17) is 0 Å². The maximum absolute atomic E-state index is 12.6. The molecule has 1 fully saturated rings. The average Bonchev–Trinajstić information content (AvgIpc) is 3.41. The number of amidine groups is 1. The summed E-state index contributed by atoms with van der Waals surface area (Å²) in [5, 5.41) is 1.25. The molecule has 0 N–H and O–H groups in total. The average molecular weight is 413 g/mol. The van der Waals surface area contributed by atoms with E-state index < -0.39 is 0 Å².